The lowest BCUT2D eigenvalue weighted by atomic mass is 9.91. The largest absolute Gasteiger partial charge is 0.496 e. The molecule has 1 atom stereocenters. The molecule has 0 aliphatic heterocycles. The predicted octanol–water partition coefficient (Wildman–Crippen LogP) is 3.90. The van der Waals surface area contributed by atoms with Gasteiger partial charge < -0.3 is 10.5 Å². The SMILES string of the molecule is COc1cc(C(F)(F)F)ccc1[C@H](N)C1CCCC1. The van der Waals surface area contributed by atoms with Gasteiger partial charge in [0.05, 0.1) is 12.7 Å². The maximum Gasteiger partial charge on any atom is 0.416 e. The average Bonchev–Trinajstić information content (AvgIpc) is 2.90. The number of benzene rings is 1. The van der Waals surface area contributed by atoms with Crippen molar-refractivity contribution in [3.8, 4) is 5.75 Å². The van der Waals surface area contributed by atoms with E-state index in [0.717, 1.165) is 37.8 Å². The predicted molar refractivity (Wildman–Crippen MR) is 66.9 cm³/mol. The van der Waals surface area contributed by atoms with E-state index in [1.165, 1.54) is 13.2 Å². The van der Waals surface area contributed by atoms with Gasteiger partial charge >= 0.3 is 6.18 Å². The van der Waals surface area contributed by atoms with Crippen LogP contribution in [0.3, 0.4) is 0 Å². The molecule has 2 rings (SSSR count). The van der Waals surface area contributed by atoms with E-state index in [2.05, 4.69) is 0 Å². The lowest BCUT2D eigenvalue weighted by Crippen LogP contribution is -2.20. The van der Waals surface area contributed by atoms with Gasteiger partial charge in [-0.05, 0) is 30.9 Å². The second kappa shape index (κ2) is 5.41. The van der Waals surface area contributed by atoms with Gasteiger partial charge in [-0.2, -0.15) is 13.2 Å². The van der Waals surface area contributed by atoms with Crippen LogP contribution in [-0.4, -0.2) is 7.11 Å². The first-order chi connectivity index (χ1) is 8.93. The maximum absolute atomic E-state index is 12.7. The average molecular weight is 273 g/mol. The van der Waals surface area contributed by atoms with Crippen molar-refractivity contribution in [2.45, 2.75) is 37.9 Å². The van der Waals surface area contributed by atoms with E-state index in [1.807, 2.05) is 0 Å². The van der Waals surface area contributed by atoms with E-state index < -0.39 is 11.7 Å². The summed E-state index contributed by atoms with van der Waals surface area (Å²) in [7, 11) is 1.38. The van der Waals surface area contributed by atoms with Gasteiger partial charge in [0.1, 0.15) is 5.75 Å². The molecule has 0 bridgehead atoms. The van der Waals surface area contributed by atoms with Crippen molar-refractivity contribution < 1.29 is 17.9 Å². The molecule has 1 aliphatic carbocycles. The number of halogens is 3. The standard InChI is InChI=1S/C14H18F3NO/c1-19-12-8-10(14(15,16)17)6-7-11(12)13(18)9-4-2-3-5-9/h6-9,13H,2-5,18H2,1H3/t13-/m1/s1. The van der Waals surface area contributed by atoms with Gasteiger partial charge in [0.15, 0.2) is 0 Å². The first kappa shape index (κ1) is 14.2. The van der Waals surface area contributed by atoms with Crippen LogP contribution in [0.5, 0.6) is 5.75 Å². The molecule has 1 aromatic rings. The summed E-state index contributed by atoms with van der Waals surface area (Å²) in [6, 6.07) is 3.31. The lowest BCUT2D eigenvalue weighted by Gasteiger charge is -2.22. The van der Waals surface area contributed by atoms with Crippen LogP contribution in [0.4, 0.5) is 13.2 Å². The molecule has 0 unspecified atom stereocenters. The molecular formula is C14H18F3NO. The summed E-state index contributed by atoms with van der Waals surface area (Å²) in [4.78, 5) is 0. The summed E-state index contributed by atoms with van der Waals surface area (Å²) in [5.74, 6) is 0.569. The molecule has 0 heterocycles. The minimum atomic E-state index is -4.36. The smallest absolute Gasteiger partial charge is 0.416 e. The number of hydrogen-bond donors (Lipinski definition) is 1. The fourth-order valence-corrected chi connectivity index (χ4v) is 2.73. The van der Waals surface area contributed by atoms with Gasteiger partial charge in [0.2, 0.25) is 0 Å². The van der Waals surface area contributed by atoms with Crippen LogP contribution in [0.15, 0.2) is 18.2 Å². The molecule has 19 heavy (non-hydrogen) atoms. The van der Waals surface area contributed by atoms with E-state index in [4.69, 9.17) is 10.5 Å². The summed E-state index contributed by atoms with van der Waals surface area (Å²) >= 11 is 0. The highest BCUT2D eigenvalue weighted by molar-refractivity contribution is 5.41. The van der Waals surface area contributed by atoms with Crippen LogP contribution in [-0.2, 0) is 6.18 Å². The molecule has 1 aliphatic rings. The quantitative estimate of drug-likeness (QED) is 0.906. The van der Waals surface area contributed by atoms with E-state index in [-0.39, 0.29) is 11.8 Å². The molecule has 2 nitrogen and oxygen atoms in total. The Labute approximate surface area is 110 Å². The van der Waals surface area contributed by atoms with E-state index in [0.29, 0.717) is 11.5 Å². The van der Waals surface area contributed by atoms with Crippen LogP contribution < -0.4 is 10.5 Å². The fourth-order valence-electron chi connectivity index (χ4n) is 2.73. The van der Waals surface area contributed by atoms with Crippen molar-refractivity contribution in [1.29, 1.82) is 0 Å². The first-order valence-electron chi connectivity index (χ1n) is 6.44. The summed E-state index contributed by atoms with van der Waals surface area (Å²) < 4.78 is 43.0. The molecule has 0 amide bonds. The van der Waals surface area contributed by atoms with Gasteiger partial charge in [-0.1, -0.05) is 18.9 Å². The normalized spacial score (nSPS) is 18.6. The zero-order valence-electron chi connectivity index (χ0n) is 10.8. The third-order valence-corrected chi connectivity index (χ3v) is 3.83. The van der Waals surface area contributed by atoms with Gasteiger partial charge in [-0.3, -0.25) is 0 Å². The molecule has 1 fully saturated rings. The number of nitrogens with two attached hydrogens (primary N) is 1. The molecule has 1 aromatic carbocycles. The van der Waals surface area contributed by atoms with E-state index in [9.17, 15) is 13.2 Å². The van der Waals surface area contributed by atoms with Crippen LogP contribution in [0.2, 0.25) is 0 Å². The number of rotatable bonds is 3. The molecule has 2 N–H and O–H groups in total. The van der Waals surface area contributed by atoms with E-state index >= 15 is 0 Å². The Hall–Kier alpha value is -1.23. The minimum absolute atomic E-state index is 0.231. The zero-order chi connectivity index (χ0) is 14.0. The molecule has 0 saturated heterocycles. The van der Waals surface area contributed by atoms with Crippen LogP contribution >= 0.6 is 0 Å². The molecule has 0 spiro atoms. The van der Waals surface area contributed by atoms with Crippen molar-refractivity contribution in [2.75, 3.05) is 7.11 Å². The summed E-state index contributed by atoms with van der Waals surface area (Å²) in [5.41, 5.74) is 6.14. The van der Waals surface area contributed by atoms with Crippen molar-refractivity contribution in [3.63, 3.8) is 0 Å². The van der Waals surface area contributed by atoms with Crippen molar-refractivity contribution in [3.05, 3.63) is 29.3 Å². The molecule has 0 radical (unpaired) electrons. The third-order valence-electron chi connectivity index (χ3n) is 3.83. The highest BCUT2D eigenvalue weighted by Gasteiger charge is 2.32. The second-order valence-electron chi connectivity index (χ2n) is 5.02. The van der Waals surface area contributed by atoms with E-state index in [1.54, 1.807) is 0 Å². The van der Waals surface area contributed by atoms with Gasteiger partial charge in [0, 0.05) is 11.6 Å². The number of hydrogen-bond acceptors (Lipinski definition) is 2. The van der Waals surface area contributed by atoms with Crippen molar-refractivity contribution in [1.82, 2.24) is 0 Å². The Kier molecular flexibility index (Phi) is 4.04. The number of alkyl halides is 3. The Morgan fingerprint density at radius 1 is 1.26 bits per heavy atom. The zero-order valence-corrected chi connectivity index (χ0v) is 10.8. The second-order valence-corrected chi connectivity index (χ2v) is 5.02. The number of ether oxygens (including phenoxy) is 1. The minimum Gasteiger partial charge on any atom is -0.496 e. The van der Waals surface area contributed by atoms with Crippen LogP contribution in [0.25, 0.3) is 0 Å². The molecular weight excluding hydrogens is 255 g/mol. The highest BCUT2D eigenvalue weighted by atomic mass is 19.4. The van der Waals surface area contributed by atoms with Crippen molar-refractivity contribution >= 4 is 0 Å². The Morgan fingerprint density at radius 2 is 1.89 bits per heavy atom. The van der Waals surface area contributed by atoms with Crippen molar-refractivity contribution in [2.24, 2.45) is 11.7 Å². The Morgan fingerprint density at radius 3 is 2.42 bits per heavy atom. The Balaban J connectivity index is 2.30. The molecule has 1 saturated carbocycles. The first-order valence-corrected chi connectivity index (χ1v) is 6.44. The topological polar surface area (TPSA) is 35.2 Å². The molecule has 5 heteroatoms. The van der Waals surface area contributed by atoms with Crippen LogP contribution in [0, 0.1) is 5.92 Å². The van der Waals surface area contributed by atoms with Gasteiger partial charge in [-0.15, -0.1) is 0 Å². The monoisotopic (exact) mass is 273 g/mol. The van der Waals surface area contributed by atoms with Gasteiger partial charge in [-0.25, -0.2) is 0 Å². The highest BCUT2D eigenvalue weighted by Crippen LogP contribution is 2.39. The Bertz CT molecular complexity index is 439. The maximum atomic E-state index is 12.7. The fraction of sp³-hybridized carbons (Fsp3) is 0.571. The summed E-state index contributed by atoms with van der Waals surface area (Å²) in [6.07, 6.45) is -0.0113. The van der Waals surface area contributed by atoms with Crippen LogP contribution in [0.1, 0.15) is 42.9 Å². The molecule has 106 valence electrons. The summed E-state index contributed by atoms with van der Waals surface area (Å²) in [5, 5.41) is 0. The third kappa shape index (κ3) is 3.03. The lowest BCUT2D eigenvalue weighted by molar-refractivity contribution is -0.137. The molecule has 0 aromatic heterocycles. The van der Waals surface area contributed by atoms with Gasteiger partial charge in [0.25, 0.3) is 0 Å². The summed E-state index contributed by atoms with van der Waals surface area (Å²) in [6.45, 7) is 0. The number of methoxy groups -OCH3 is 1.